The van der Waals surface area contributed by atoms with Gasteiger partial charge in [0.05, 0.1) is 26.5 Å². The van der Waals surface area contributed by atoms with E-state index in [1.165, 1.54) is 16.8 Å². The SMILES string of the molecule is COc1ccc(C2=NN(Cc3ccc(NC(=O)CCN(C(C)C)C(C)C)cc3)C(=O)SC2)cc1OC. The summed E-state index contributed by atoms with van der Waals surface area (Å²) >= 11 is 1.22. The molecule has 2 aromatic carbocycles. The molecule has 2 amide bonds. The summed E-state index contributed by atoms with van der Waals surface area (Å²) in [6, 6.07) is 13.9. The summed E-state index contributed by atoms with van der Waals surface area (Å²) in [5, 5.41) is 8.94. The number of hydrazone groups is 1. The molecule has 0 saturated carbocycles. The number of nitrogens with zero attached hydrogens (tertiary/aromatic N) is 3. The van der Waals surface area contributed by atoms with Gasteiger partial charge < -0.3 is 14.8 Å². The zero-order valence-corrected chi connectivity index (χ0v) is 22.7. The van der Waals surface area contributed by atoms with E-state index in [0.717, 1.165) is 22.5 Å². The molecule has 1 aliphatic heterocycles. The van der Waals surface area contributed by atoms with Gasteiger partial charge in [-0.3, -0.25) is 14.5 Å². The number of nitrogens with one attached hydrogen (secondary N) is 1. The fourth-order valence-corrected chi connectivity index (χ4v) is 4.85. The molecular formula is C27H36N4O4S. The van der Waals surface area contributed by atoms with Crippen molar-refractivity contribution in [1.29, 1.82) is 0 Å². The van der Waals surface area contributed by atoms with Crippen LogP contribution in [0, 0.1) is 0 Å². The van der Waals surface area contributed by atoms with Gasteiger partial charge in [-0.1, -0.05) is 23.9 Å². The molecule has 1 N–H and O–H groups in total. The zero-order chi connectivity index (χ0) is 26.2. The number of rotatable bonds is 11. The van der Waals surface area contributed by atoms with Crippen molar-refractivity contribution in [2.45, 2.75) is 52.7 Å². The van der Waals surface area contributed by atoms with Gasteiger partial charge in [0.1, 0.15) is 0 Å². The van der Waals surface area contributed by atoms with Crippen LogP contribution in [0.25, 0.3) is 0 Å². The molecule has 0 spiro atoms. The Hall–Kier alpha value is -3.04. The fourth-order valence-electron chi connectivity index (χ4n) is 4.11. The van der Waals surface area contributed by atoms with Crippen LogP contribution >= 0.6 is 11.8 Å². The van der Waals surface area contributed by atoms with E-state index < -0.39 is 0 Å². The molecule has 0 saturated heterocycles. The highest BCUT2D eigenvalue weighted by Gasteiger charge is 2.23. The van der Waals surface area contributed by atoms with Crippen LogP contribution in [-0.2, 0) is 11.3 Å². The van der Waals surface area contributed by atoms with E-state index in [0.29, 0.717) is 48.8 Å². The molecule has 0 aliphatic carbocycles. The molecule has 194 valence electrons. The molecular weight excluding hydrogens is 476 g/mol. The number of methoxy groups -OCH3 is 2. The van der Waals surface area contributed by atoms with E-state index in [1.807, 2.05) is 42.5 Å². The number of ether oxygens (including phenoxy) is 2. The lowest BCUT2D eigenvalue weighted by atomic mass is 10.1. The topological polar surface area (TPSA) is 83.5 Å². The van der Waals surface area contributed by atoms with Gasteiger partial charge >= 0.3 is 5.24 Å². The molecule has 2 aromatic rings. The van der Waals surface area contributed by atoms with Crippen molar-refractivity contribution in [3.63, 3.8) is 0 Å². The van der Waals surface area contributed by atoms with Crippen LogP contribution in [0.3, 0.4) is 0 Å². The maximum atomic E-state index is 12.5. The predicted octanol–water partition coefficient (Wildman–Crippen LogP) is 5.22. The Morgan fingerprint density at radius 3 is 2.33 bits per heavy atom. The van der Waals surface area contributed by atoms with Crippen LogP contribution in [0.2, 0.25) is 0 Å². The number of carbonyl (C=O) groups is 2. The summed E-state index contributed by atoms with van der Waals surface area (Å²) in [5.41, 5.74) is 3.33. The fraction of sp³-hybridized carbons (Fsp3) is 0.444. The van der Waals surface area contributed by atoms with Gasteiger partial charge in [-0.15, -0.1) is 0 Å². The molecule has 0 atom stereocenters. The Balaban J connectivity index is 1.62. The standard InChI is InChI=1S/C27H36N4O4S/c1-18(2)30(19(3)4)14-13-26(32)28-22-10-7-20(8-11-22)16-31-27(33)36-17-23(29-31)21-9-12-24(34-5)25(15-21)35-6/h7-12,15,18-19H,13-14,16-17H2,1-6H3,(H,28,32). The van der Waals surface area contributed by atoms with Gasteiger partial charge in [0.15, 0.2) is 11.5 Å². The average molecular weight is 513 g/mol. The van der Waals surface area contributed by atoms with Gasteiger partial charge in [0.2, 0.25) is 5.91 Å². The third kappa shape index (κ3) is 7.24. The molecule has 0 fully saturated rings. The van der Waals surface area contributed by atoms with E-state index in [-0.39, 0.29) is 11.1 Å². The van der Waals surface area contributed by atoms with E-state index in [4.69, 9.17) is 9.47 Å². The molecule has 0 aromatic heterocycles. The monoisotopic (exact) mass is 512 g/mol. The Morgan fingerprint density at radius 2 is 1.72 bits per heavy atom. The first kappa shape index (κ1) is 27.5. The maximum absolute atomic E-state index is 12.5. The Bertz CT molecular complexity index is 1080. The van der Waals surface area contributed by atoms with Crippen LogP contribution in [0.4, 0.5) is 10.5 Å². The minimum Gasteiger partial charge on any atom is -0.493 e. The highest BCUT2D eigenvalue weighted by atomic mass is 32.2. The Morgan fingerprint density at radius 1 is 1.06 bits per heavy atom. The first-order valence-corrected chi connectivity index (χ1v) is 13.1. The van der Waals surface area contributed by atoms with E-state index in [2.05, 4.69) is 43.0 Å². The molecule has 36 heavy (non-hydrogen) atoms. The van der Waals surface area contributed by atoms with Crippen LogP contribution in [0.15, 0.2) is 47.6 Å². The Kier molecular flexibility index (Phi) is 9.78. The molecule has 3 rings (SSSR count). The first-order chi connectivity index (χ1) is 17.2. The normalized spacial score (nSPS) is 13.9. The van der Waals surface area contributed by atoms with Gasteiger partial charge in [-0.2, -0.15) is 5.10 Å². The number of hydrogen-bond donors (Lipinski definition) is 1. The third-order valence-corrected chi connectivity index (χ3v) is 6.87. The van der Waals surface area contributed by atoms with Crippen LogP contribution in [0.1, 0.15) is 45.2 Å². The lowest BCUT2D eigenvalue weighted by Crippen LogP contribution is -2.39. The third-order valence-electron chi connectivity index (χ3n) is 5.99. The minimum atomic E-state index is -0.100. The molecule has 0 unspecified atom stereocenters. The zero-order valence-electron chi connectivity index (χ0n) is 21.9. The van der Waals surface area contributed by atoms with Crippen LogP contribution < -0.4 is 14.8 Å². The van der Waals surface area contributed by atoms with Crippen molar-refractivity contribution in [3.05, 3.63) is 53.6 Å². The van der Waals surface area contributed by atoms with Crippen LogP contribution in [-0.4, -0.2) is 65.4 Å². The van der Waals surface area contributed by atoms with E-state index >= 15 is 0 Å². The number of benzene rings is 2. The summed E-state index contributed by atoms with van der Waals surface area (Å²) in [6.45, 7) is 9.63. The molecule has 1 heterocycles. The Labute approximate surface area is 218 Å². The smallest absolute Gasteiger partial charge is 0.302 e. The van der Waals surface area contributed by atoms with E-state index in [1.54, 1.807) is 14.2 Å². The van der Waals surface area contributed by atoms with Crippen molar-refractivity contribution in [2.75, 3.05) is 31.8 Å². The largest absolute Gasteiger partial charge is 0.493 e. The molecule has 9 heteroatoms. The van der Waals surface area contributed by atoms with Crippen molar-refractivity contribution in [3.8, 4) is 11.5 Å². The highest BCUT2D eigenvalue weighted by Crippen LogP contribution is 2.30. The molecule has 8 nitrogen and oxygen atoms in total. The number of carbonyl (C=O) groups excluding carboxylic acids is 2. The number of anilines is 1. The second kappa shape index (κ2) is 12.8. The number of amides is 2. The van der Waals surface area contributed by atoms with Crippen molar-refractivity contribution >= 4 is 34.3 Å². The summed E-state index contributed by atoms with van der Waals surface area (Å²) in [4.78, 5) is 27.2. The van der Waals surface area contributed by atoms with Crippen molar-refractivity contribution in [1.82, 2.24) is 9.91 Å². The summed E-state index contributed by atoms with van der Waals surface area (Å²) < 4.78 is 10.7. The second-order valence-electron chi connectivity index (χ2n) is 9.15. The van der Waals surface area contributed by atoms with E-state index in [9.17, 15) is 9.59 Å². The first-order valence-electron chi connectivity index (χ1n) is 12.1. The van der Waals surface area contributed by atoms with Crippen LogP contribution in [0.5, 0.6) is 11.5 Å². The lowest BCUT2D eigenvalue weighted by molar-refractivity contribution is -0.116. The summed E-state index contributed by atoms with van der Waals surface area (Å²) in [5.74, 6) is 1.73. The van der Waals surface area contributed by atoms with Gasteiger partial charge in [0, 0.05) is 42.1 Å². The van der Waals surface area contributed by atoms with Crippen molar-refractivity contribution < 1.29 is 19.1 Å². The summed E-state index contributed by atoms with van der Waals surface area (Å²) in [7, 11) is 3.18. The number of hydrogen-bond acceptors (Lipinski definition) is 7. The molecule has 1 aliphatic rings. The number of thioether (sulfide) groups is 1. The average Bonchev–Trinajstić information content (AvgIpc) is 2.85. The van der Waals surface area contributed by atoms with Gasteiger partial charge in [-0.05, 0) is 63.6 Å². The van der Waals surface area contributed by atoms with Gasteiger partial charge in [-0.25, -0.2) is 5.01 Å². The summed E-state index contributed by atoms with van der Waals surface area (Å²) in [6.07, 6.45) is 0.436. The van der Waals surface area contributed by atoms with Gasteiger partial charge in [0.25, 0.3) is 0 Å². The quantitative estimate of drug-likeness (QED) is 0.444. The molecule has 0 bridgehead atoms. The molecule has 0 radical (unpaired) electrons. The maximum Gasteiger partial charge on any atom is 0.302 e. The minimum absolute atomic E-state index is 0.0131. The van der Waals surface area contributed by atoms with Crippen molar-refractivity contribution in [2.24, 2.45) is 5.10 Å². The lowest BCUT2D eigenvalue weighted by Gasteiger charge is -2.30. The second-order valence-corrected chi connectivity index (χ2v) is 10.1. The highest BCUT2D eigenvalue weighted by molar-refractivity contribution is 8.14. The predicted molar refractivity (Wildman–Crippen MR) is 146 cm³/mol.